The Bertz CT molecular complexity index is 1420. The third kappa shape index (κ3) is 6.63. The van der Waals surface area contributed by atoms with Gasteiger partial charge in [0.1, 0.15) is 40.7 Å². The Morgan fingerprint density at radius 1 is 1.14 bits per heavy atom. The maximum absolute atomic E-state index is 13.9. The Labute approximate surface area is 255 Å². The summed E-state index contributed by atoms with van der Waals surface area (Å²) in [6, 6.07) is 9.44. The van der Waals surface area contributed by atoms with E-state index in [-0.39, 0.29) is 43.9 Å². The standard InChI is InChI=1S/C29H33F3N4O7S/c1-35(13-16-5-3-2-4-6-16)27(40)26(29(41)7-9-42-10-8-29)44-28-25(39)23(24(38)21(15-37)43-28)36-14-20(33-34-36)17-11-18(30)22(32)19(31)12-17/h2-6,11-12,14,21,23-26,28,37-39,41H,7-10,13,15H2,1H3/t21-,23+,24+,25-,26-,28+/m1/s1. The van der Waals surface area contributed by atoms with Gasteiger partial charge in [-0.1, -0.05) is 35.5 Å². The molecule has 0 bridgehead atoms. The number of thioether (sulfide) groups is 1. The van der Waals surface area contributed by atoms with E-state index >= 15 is 0 Å². The molecule has 238 valence electrons. The highest BCUT2D eigenvalue weighted by atomic mass is 32.2. The SMILES string of the molecule is CN(Cc1ccccc1)C(=O)[C@@H](S[C@@H]1O[C@H](CO)[C@H](O)[C@H](n2cc(-c3cc(F)c(F)c(F)c3)nn2)[C@H]1O)C1(O)CCOCC1. The molecule has 5 rings (SSSR count). The highest BCUT2D eigenvalue weighted by molar-refractivity contribution is 8.01. The zero-order valence-electron chi connectivity index (χ0n) is 23.7. The summed E-state index contributed by atoms with van der Waals surface area (Å²) in [7, 11) is 1.60. The summed E-state index contributed by atoms with van der Waals surface area (Å²) in [5.74, 6) is -4.94. The average molecular weight is 639 g/mol. The molecular formula is C29H33F3N4O7S. The summed E-state index contributed by atoms with van der Waals surface area (Å²) in [6.45, 7) is 0.0147. The number of amides is 1. The summed E-state index contributed by atoms with van der Waals surface area (Å²) in [6.07, 6.45) is -2.84. The predicted molar refractivity (Wildman–Crippen MR) is 151 cm³/mol. The third-order valence-corrected chi connectivity index (χ3v) is 9.49. The predicted octanol–water partition coefficient (Wildman–Crippen LogP) is 1.64. The van der Waals surface area contributed by atoms with Gasteiger partial charge in [0, 0.05) is 45.2 Å². The number of nitrogens with zero attached hydrogens (tertiary/aromatic N) is 4. The molecule has 0 aliphatic carbocycles. The fourth-order valence-corrected chi connectivity index (χ4v) is 7.00. The summed E-state index contributed by atoms with van der Waals surface area (Å²) >= 11 is 0.861. The summed E-state index contributed by atoms with van der Waals surface area (Å²) in [5, 5.41) is 50.8. The Balaban J connectivity index is 1.43. The first-order valence-corrected chi connectivity index (χ1v) is 14.9. The molecule has 3 heterocycles. The highest BCUT2D eigenvalue weighted by Crippen LogP contribution is 2.42. The van der Waals surface area contributed by atoms with Crippen molar-refractivity contribution >= 4 is 17.7 Å². The first-order valence-electron chi connectivity index (χ1n) is 14.0. The zero-order chi connectivity index (χ0) is 31.6. The number of benzene rings is 2. The van der Waals surface area contributed by atoms with Crippen molar-refractivity contribution in [1.29, 1.82) is 0 Å². The van der Waals surface area contributed by atoms with Crippen molar-refractivity contribution in [2.24, 2.45) is 0 Å². The van der Waals surface area contributed by atoms with Gasteiger partial charge in [-0.25, -0.2) is 17.9 Å². The van der Waals surface area contributed by atoms with Crippen LogP contribution in [0.2, 0.25) is 0 Å². The van der Waals surface area contributed by atoms with Gasteiger partial charge in [-0.2, -0.15) is 0 Å². The minimum atomic E-state index is -1.65. The number of rotatable bonds is 9. The van der Waals surface area contributed by atoms with E-state index in [1.165, 1.54) is 11.1 Å². The van der Waals surface area contributed by atoms with Crippen LogP contribution in [0.1, 0.15) is 24.4 Å². The quantitative estimate of drug-likeness (QED) is 0.255. The van der Waals surface area contributed by atoms with Crippen molar-refractivity contribution in [3.8, 4) is 11.3 Å². The van der Waals surface area contributed by atoms with Gasteiger partial charge in [-0.3, -0.25) is 4.79 Å². The van der Waals surface area contributed by atoms with Crippen molar-refractivity contribution in [1.82, 2.24) is 19.9 Å². The van der Waals surface area contributed by atoms with Crippen LogP contribution in [0.25, 0.3) is 11.3 Å². The molecule has 6 atom stereocenters. The van der Waals surface area contributed by atoms with Crippen molar-refractivity contribution in [3.63, 3.8) is 0 Å². The van der Waals surface area contributed by atoms with Crippen molar-refractivity contribution in [3.05, 3.63) is 71.7 Å². The number of ether oxygens (including phenoxy) is 2. The Kier molecular flexibility index (Phi) is 9.94. The number of carbonyl (C=O) groups excluding carboxylic acids is 1. The monoisotopic (exact) mass is 638 g/mol. The summed E-state index contributed by atoms with van der Waals surface area (Å²) < 4.78 is 53.5. The maximum Gasteiger partial charge on any atom is 0.238 e. The lowest BCUT2D eigenvalue weighted by Gasteiger charge is -2.45. The molecule has 0 saturated carbocycles. The lowest BCUT2D eigenvalue weighted by Crippen LogP contribution is -2.58. The fraction of sp³-hybridized carbons (Fsp3) is 0.483. The molecule has 0 unspecified atom stereocenters. The molecule has 1 amide bonds. The third-order valence-electron chi connectivity index (χ3n) is 7.92. The highest BCUT2D eigenvalue weighted by Gasteiger charge is 2.51. The van der Waals surface area contributed by atoms with Crippen LogP contribution in [0, 0.1) is 17.5 Å². The normalized spacial score (nSPS) is 25.9. The molecule has 0 spiro atoms. The van der Waals surface area contributed by atoms with Crippen molar-refractivity contribution in [2.45, 2.75) is 60.0 Å². The van der Waals surface area contributed by atoms with E-state index in [1.807, 2.05) is 30.3 Å². The van der Waals surface area contributed by atoms with E-state index in [0.29, 0.717) is 0 Å². The van der Waals surface area contributed by atoms with Gasteiger partial charge < -0.3 is 34.8 Å². The lowest BCUT2D eigenvalue weighted by atomic mass is 9.89. The molecule has 2 aromatic carbocycles. The minimum absolute atomic E-state index is 0.0782. The number of hydrogen-bond acceptors (Lipinski definition) is 10. The Hall–Kier alpha value is -3.05. The van der Waals surface area contributed by atoms with Crippen LogP contribution in [0.15, 0.2) is 48.7 Å². The van der Waals surface area contributed by atoms with Gasteiger partial charge in [0.05, 0.1) is 18.4 Å². The van der Waals surface area contributed by atoms with E-state index in [4.69, 9.17) is 9.47 Å². The topological polar surface area (TPSA) is 150 Å². The van der Waals surface area contributed by atoms with Gasteiger partial charge in [0.2, 0.25) is 5.91 Å². The maximum atomic E-state index is 13.9. The van der Waals surface area contributed by atoms with Crippen LogP contribution < -0.4 is 0 Å². The molecule has 0 radical (unpaired) electrons. The second kappa shape index (κ2) is 13.5. The van der Waals surface area contributed by atoms with Gasteiger partial charge in [-0.05, 0) is 17.7 Å². The zero-order valence-corrected chi connectivity index (χ0v) is 24.5. The molecule has 2 fully saturated rings. The number of hydrogen-bond donors (Lipinski definition) is 4. The first-order chi connectivity index (χ1) is 21.0. The van der Waals surface area contributed by atoms with E-state index in [9.17, 15) is 38.4 Å². The number of carbonyl (C=O) groups is 1. The van der Waals surface area contributed by atoms with Gasteiger partial charge in [0.25, 0.3) is 0 Å². The van der Waals surface area contributed by atoms with Crippen LogP contribution >= 0.6 is 11.8 Å². The number of aliphatic hydroxyl groups is 4. The van der Waals surface area contributed by atoms with E-state index in [0.717, 1.165) is 34.1 Å². The second-order valence-corrected chi connectivity index (χ2v) is 12.2. The first kappa shape index (κ1) is 32.3. The molecular weight excluding hydrogens is 605 g/mol. The second-order valence-electron chi connectivity index (χ2n) is 10.9. The van der Waals surface area contributed by atoms with E-state index in [2.05, 4.69) is 10.3 Å². The lowest BCUT2D eigenvalue weighted by molar-refractivity contribution is -0.179. The molecule has 11 nitrogen and oxygen atoms in total. The minimum Gasteiger partial charge on any atom is -0.394 e. The average Bonchev–Trinajstić information content (AvgIpc) is 3.49. The van der Waals surface area contributed by atoms with Crippen LogP contribution in [0.5, 0.6) is 0 Å². The van der Waals surface area contributed by atoms with Crippen LogP contribution in [0.4, 0.5) is 13.2 Å². The Morgan fingerprint density at radius 2 is 1.80 bits per heavy atom. The van der Waals surface area contributed by atoms with Crippen molar-refractivity contribution in [2.75, 3.05) is 26.9 Å². The molecule has 15 heteroatoms. The smallest absolute Gasteiger partial charge is 0.238 e. The molecule has 4 N–H and O–H groups in total. The van der Waals surface area contributed by atoms with Gasteiger partial charge >= 0.3 is 0 Å². The van der Waals surface area contributed by atoms with Crippen LogP contribution in [-0.2, 0) is 20.8 Å². The Morgan fingerprint density at radius 3 is 2.43 bits per heavy atom. The molecule has 44 heavy (non-hydrogen) atoms. The van der Waals surface area contributed by atoms with E-state index in [1.54, 1.807) is 7.05 Å². The molecule has 3 aromatic rings. The van der Waals surface area contributed by atoms with E-state index < -0.39 is 70.6 Å². The molecule has 1 aromatic heterocycles. The largest absolute Gasteiger partial charge is 0.394 e. The van der Waals surface area contributed by atoms with Crippen LogP contribution in [-0.4, -0.2) is 108 Å². The van der Waals surface area contributed by atoms with Crippen molar-refractivity contribution < 1.29 is 47.9 Å². The molecule has 2 aliphatic heterocycles. The van der Waals surface area contributed by atoms with Gasteiger partial charge in [0.15, 0.2) is 17.5 Å². The summed E-state index contributed by atoms with van der Waals surface area (Å²) in [4.78, 5) is 15.4. The number of aliphatic hydroxyl groups excluding tert-OH is 3. The molecule has 2 saturated heterocycles. The molecule has 2 aliphatic rings. The van der Waals surface area contributed by atoms with Crippen LogP contribution in [0.3, 0.4) is 0 Å². The van der Waals surface area contributed by atoms with Gasteiger partial charge in [-0.15, -0.1) is 16.9 Å². The summed E-state index contributed by atoms with van der Waals surface area (Å²) in [5.41, 5.74) is -2.12. The fourth-order valence-electron chi connectivity index (χ4n) is 5.42. The number of halogens is 3. The number of aromatic nitrogens is 3.